The maximum absolute atomic E-state index is 5.22. The molecule has 0 aromatic heterocycles. The number of benzene rings is 2. The van der Waals surface area contributed by atoms with Crippen LogP contribution >= 0.6 is 0 Å². The zero-order valence-corrected chi connectivity index (χ0v) is 10.1. The van der Waals surface area contributed by atoms with Gasteiger partial charge in [0.1, 0.15) is 0 Å². The summed E-state index contributed by atoms with van der Waals surface area (Å²) < 4.78 is 0. The smallest absolute Gasteiger partial charge is 0.760 e. The van der Waals surface area contributed by atoms with E-state index < -0.39 is 0 Å². The fraction of sp³-hybridized carbons (Fsp3) is 0. The Morgan fingerprint density at radius 3 is 2.31 bits per heavy atom. The van der Waals surface area contributed by atoms with Gasteiger partial charge in [-0.05, 0) is 5.56 Å². The molecule has 1 radical (unpaired) electrons. The molecule has 0 bridgehead atoms. The van der Waals surface area contributed by atoms with Crippen LogP contribution in [0, 0.1) is 6.07 Å². The molecule has 0 aliphatic heterocycles. The molecule has 0 amide bonds. The quantitative estimate of drug-likeness (QED) is 0.270. The Morgan fingerprint density at radius 2 is 1.69 bits per heavy atom. The SMILES string of the molecule is [Cu+2].[S-]C(=Nc1[c-]cccc1)c1ccccc1. The van der Waals surface area contributed by atoms with Crippen LogP contribution in [0.1, 0.15) is 5.56 Å². The first-order chi connectivity index (χ1) is 7.36. The molecule has 0 saturated carbocycles. The van der Waals surface area contributed by atoms with Crippen molar-refractivity contribution >= 4 is 23.4 Å². The summed E-state index contributed by atoms with van der Waals surface area (Å²) >= 11 is 5.22. The van der Waals surface area contributed by atoms with Gasteiger partial charge in [-0.2, -0.15) is 24.3 Å². The summed E-state index contributed by atoms with van der Waals surface area (Å²) in [5, 5.41) is 0.595. The van der Waals surface area contributed by atoms with Crippen molar-refractivity contribution in [3.05, 3.63) is 66.2 Å². The Labute approximate surface area is 111 Å². The van der Waals surface area contributed by atoms with Crippen molar-refractivity contribution in [1.29, 1.82) is 0 Å². The second kappa shape index (κ2) is 6.44. The van der Waals surface area contributed by atoms with Crippen LogP contribution in [-0.4, -0.2) is 5.04 Å². The van der Waals surface area contributed by atoms with Gasteiger partial charge < -0.3 is 17.6 Å². The summed E-state index contributed by atoms with van der Waals surface area (Å²) in [4.78, 5) is 4.31. The molecule has 16 heavy (non-hydrogen) atoms. The van der Waals surface area contributed by atoms with Gasteiger partial charge in [0.05, 0.1) is 0 Å². The molecule has 2 rings (SSSR count). The van der Waals surface area contributed by atoms with E-state index in [1.165, 1.54) is 0 Å². The molecule has 2 aromatic rings. The third kappa shape index (κ3) is 3.46. The summed E-state index contributed by atoms with van der Waals surface area (Å²) in [7, 11) is 0. The van der Waals surface area contributed by atoms with Crippen molar-refractivity contribution in [2.24, 2.45) is 4.99 Å². The van der Waals surface area contributed by atoms with E-state index in [9.17, 15) is 0 Å². The van der Waals surface area contributed by atoms with Crippen LogP contribution in [0.25, 0.3) is 0 Å². The molecule has 0 N–H and O–H groups in total. The van der Waals surface area contributed by atoms with E-state index >= 15 is 0 Å². The second-order valence-corrected chi connectivity index (χ2v) is 3.42. The third-order valence-electron chi connectivity index (χ3n) is 1.94. The van der Waals surface area contributed by atoms with Gasteiger partial charge in [-0.25, -0.2) is 0 Å². The molecule has 0 aliphatic carbocycles. The molecule has 0 fully saturated rings. The molecule has 83 valence electrons. The summed E-state index contributed by atoms with van der Waals surface area (Å²) in [6, 6.07) is 20.3. The standard InChI is InChI=1S/C13H10NS.Cu/c15-13(11-7-3-1-4-8-11)14-12-9-5-2-6-10-12;/h1-9H,(H,14,15);/q-1;+2/p-1. The Balaban J connectivity index is 0.00000128. The number of aliphatic imine (C=N–C) groups is 1. The van der Waals surface area contributed by atoms with Gasteiger partial charge in [-0.1, -0.05) is 41.1 Å². The van der Waals surface area contributed by atoms with Crippen LogP contribution in [0.3, 0.4) is 0 Å². The maximum Gasteiger partial charge on any atom is 2.00 e. The van der Waals surface area contributed by atoms with Crippen molar-refractivity contribution in [1.82, 2.24) is 0 Å². The van der Waals surface area contributed by atoms with E-state index in [0.717, 1.165) is 11.3 Å². The van der Waals surface area contributed by atoms with Crippen LogP contribution in [0.2, 0.25) is 0 Å². The second-order valence-electron chi connectivity index (χ2n) is 3.03. The van der Waals surface area contributed by atoms with E-state index in [0.29, 0.717) is 5.04 Å². The number of para-hydroxylation sites is 1. The van der Waals surface area contributed by atoms with Crippen molar-refractivity contribution in [2.75, 3.05) is 0 Å². The minimum Gasteiger partial charge on any atom is -0.760 e. The molecule has 0 spiro atoms. The van der Waals surface area contributed by atoms with Gasteiger partial charge in [0, 0.05) is 0 Å². The molecule has 0 heterocycles. The van der Waals surface area contributed by atoms with Crippen molar-refractivity contribution in [2.45, 2.75) is 0 Å². The van der Waals surface area contributed by atoms with Crippen molar-refractivity contribution < 1.29 is 17.1 Å². The summed E-state index contributed by atoms with van der Waals surface area (Å²) in [5.41, 5.74) is 1.73. The number of hydrogen-bond acceptors (Lipinski definition) is 2. The summed E-state index contributed by atoms with van der Waals surface area (Å²) in [6.45, 7) is 0. The Morgan fingerprint density at radius 1 is 1.00 bits per heavy atom. The van der Waals surface area contributed by atoms with Crippen LogP contribution < -0.4 is 0 Å². The average Bonchev–Trinajstić information content (AvgIpc) is 2.31. The molecule has 2 aromatic carbocycles. The molecule has 3 heteroatoms. The van der Waals surface area contributed by atoms with Gasteiger partial charge in [0.15, 0.2) is 0 Å². The van der Waals surface area contributed by atoms with Gasteiger partial charge in [0.25, 0.3) is 0 Å². The maximum atomic E-state index is 5.22. The third-order valence-corrected chi connectivity index (χ3v) is 2.26. The molecule has 1 nitrogen and oxygen atoms in total. The Bertz CT molecular complexity index is 454. The monoisotopic (exact) mass is 274 g/mol. The number of rotatable bonds is 2. The normalized spacial score (nSPS) is 10.6. The van der Waals surface area contributed by atoms with Crippen LogP contribution in [0.5, 0.6) is 0 Å². The minimum atomic E-state index is 0. The van der Waals surface area contributed by atoms with E-state index in [2.05, 4.69) is 11.1 Å². The zero-order valence-electron chi connectivity index (χ0n) is 8.35. The van der Waals surface area contributed by atoms with Gasteiger partial charge >= 0.3 is 17.1 Å². The van der Waals surface area contributed by atoms with E-state index in [1.807, 2.05) is 54.6 Å². The fourth-order valence-corrected chi connectivity index (χ4v) is 1.44. The first kappa shape index (κ1) is 12.9. The molecule has 0 saturated heterocycles. The topological polar surface area (TPSA) is 12.4 Å². The van der Waals surface area contributed by atoms with Gasteiger partial charge in [0.2, 0.25) is 0 Å². The Hall–Kier alpha value is -1.15. The predicted molar refractivity (Wildman–Crippen MR) is 65.3 cm³/mol. The first-order valence-corrected chi connectivity index (χ1v) is 5.05. The molecular formula is C13H9CuNS. The minimum absolute atomic E-state index is 0. The number of hydrogen-bond donors (Lipinski definition) is 0. The zero-order chi connectivity index (χ0) is 10.5. The number of nitrogens with zero attached hydrogens (tertiary/aromatic N) is 1. The summed E-state index contributed by atoms with van der Waals surface area (Å²) in [6.07, 6.45) is 0. The van der Waals surface area contributed by atoms with Crippen molar-refractivity contribution in [3.8, 4) is 0 Å². The predicted octanol–water partition coefficient (Wildman–Crippen LogP) is 3.11. The average molecular weight is 275 g/mol. The van der Waals surface area contributed by atoms with E-state index in [-0.39, 0.29) is 17.1 Å². The molecule has 0 atom stereocenters. The van der Waals surface area contributed by atoms with Crippen LogP contribution in [0.4, 0.5) is 5.69 Å². The molecule has 0 aliphatic rings. The first-order valence-electron chi connectivity index (χ1n) is 4.64. The molecule has 0 unspecified atom stereocenters. The van der Waals surface area contributed by atoms with Crippen LogP contribution in [0.15, 0.2) is 59.6 Å². The summed E-state index contributed by atoms with van der Waals surface area (Å²) in [5.74, 6) is 0. The van der Waals surface area contributed by atoms with E-state index in [1.54, 1.807) is 0 Å². The largest absolute Gasteiger partial charge is 2.00 e. The van der Waals surface area contributed by atoms with Crippen LogP contribution in [-0.2, 0) is 29.7 Å². The van der Waals surface area contributed by atoms with E-state index in [4.69, 9.17) is 12.6 Å². The van der Waals surface area contributed by atoms with Gasteiger partial charge in [-0.15, -0.1) is 6.07 Å². The fourth-order valence-electron chi connectivity index (χ4n) is 1.21. The molecular weight excluding hydrogens is 266 g/mol. The van der Waals surface area contributed by atoms with Gasteiger partial charge in [-0.3, -0.25) is 0 Å². The van der Waals surface area contributed by atoms with Crippen molar-refractivity contribution in [3.63, 3.8) is 0 Å². The Kier molecular flexibility index (Phi) is 5.20.